The number of hydrogen-bond acceptors (Lipinski definition) is 6. The molecule has 0 spiro atoms. The van der Waals surface area contributed by atoms with Gasteiger partial charge in [0.25, 0.3) is 0 Å². The van der Waals surface area contributed by atoms with E-state index in [1.807, 2.05) is 26.8 Å². The Labute approximate surface area is 180 Å². The minimum atomic E-state index is -0.508. The number of rotatable bonds is 6. The van der Waals surface area contributed by atoms with Crippen molar-refractivity contribution in [2.75, 3.05) is 0 Å². The summed E-state index contributed by atoms with van der Waals surface area (Å²) in [5.74, 6) is -0.896. The van der Waals surface area contributed by atoms with E-state index in [9.17, 15) is 25.2 Å². The maximum atomic E-state index is 12.7. The van der Waals surface area contributed by atoms with E-state index in [-0.39, 0.29) is 45.3 Å². The molecule has 31 heavy (non-hydrogen) atoms. The largest absolute Gasteiger partial charge is 0.508 e. The standard InChI is InChI=1S/C25H26O6/c1-14(2)5-4-6-15(3)7-9-18-20(28)12-21(29)24-22(30)13-23(31-25(18)24)17-10-8-16(26)11-19(17)27/h5,7-8,10-13,26-29H,4,6,9H2,1-3H3/b15-7+. The van der Waals surface area contributed by atoms with Crippen LogP contribution in [0.15, 0.2) is 62.8 Å². The van der Waals surface area contributed by atoms with Crippen LogP contribution in [0.5, 0.6) is 23.0 Å². The fraction of sp³-hybridized carbons (Fsp3) is 0.240. The molecule has 6 nitrogen and oxygen atoms in total. The third-order valence-corrected chi connectivity index (χ3v) is 5.05. The van der Waals surface area contributed by atoms with E-state index >= 15 is 0 Å². The number of allylic oxidation sites excluding steroid dienone is 4. The van der Waals surface area contributed by atoms with Crippen molar-refractivity contribution in [1.29, 1.82) is 0 Å². The van der Waals surface area contributed by atoms with Crippen LogP contribution in [0.25, 0.3) is 22.3 Å². The summed E-state index contributed by atoms with van der Waals surface area (Å²) in [6.45, 7) is 6.09. The zero-order valence-corrected chi connectivity index (χ0v) is 17.8. The third-order valence-electron chi connectivity index (χ3n) is 5.05. The molecule has 0 saturated heterocycles. The molecule has 162 valence electrons. The van der Waals surface area contributed by atoms with Crippen LogP contribution >= 0.6 is 0 Å². The average Bonchev–Trinajstić information content (AvgIpc) is 2.66. The molecule has 0 aliphatic rings. The molecule has 0 amide bonds. The van der Waals surface area contributed by atoms with Crippen LogP contribution in [0, 0.1) is 0 Å². The SMILES string of the molecule is CC(C)=CCC/C(C)=C/Cc1c(O)cc(O)c2c(=O)cc(-c3ccc(O)cc3O)oc12. The van der Waals surface area contributed by atoms with Gasteiger partial charge in [0.15, 0.2) is 5.43 Å². The monoisotopic (exact) mass is 422 g/mol. The fourth-order valence-corrected chi connectivity index (χ4v) is 3.38. The van der Waals surface area contributed by atoms with E-state index in [0.29, 0.717) is 12.0 Å². The molecule has 3 rings (SSSR count). The maximum Gasteiger partial charge on any atom is 0.197 e. The highest BCUT2D eigenvalue weighted by Crippen LogP contribution is 2.38. The molecular formula is C25H26O6. The molecule has 0 aliphatic carbocycles. The summed E-state index contributed by atoms with van der Waals surface area (Å²) in [5.41, 5.74) is 2.49. The topological polar surface area (TPSA) is 111 Å². The van der Waals surface area contributed by atoms with Crippen molar-refractivity contribution >= 4 is 11.0 Å². The Balaban J connectivity index is 2.10. The Hall–Kier alpha value is -3.67. The lowest BCUT2D eigenvalue weighted by atomic mass is 10.0. The number of benzene rings is 2. The van der Waals surface area contributed by atoms with Crippen LogP contribution in [0.3, 0.4) is 0 Å². The van der Waals surface area contributed by atoms with Crippen LogP contribution in [0.2, 0.25) is 0 Å². The zero-order valence-electron chi connectivity index (χ0n) is 17.8. The van der Waals surface area contributed by atoms with Crippen molar-refractivity contribution < 1.29 is 24.8 Å². The highest BCUT2D eigenvalue weighted by molar-refractivity contribution is 5.89. The Bertz CT molecular complexity index is 1240. The first-order valence-corrected chi connectivity index (χ1v) is 10.0. The van der Waals surface area contributed by atoms with Crippen LogP contribution < -0.4 is 5.43 Å². The van der Waals surface area contributed by atoms with Gasteiger partial charge in [-0.05, 0) is 52.2 Å². The van der Waals surface area contributed by atoms with E-state index in [4.69, 9.17) is 4.42 Å². The summed E-state index contributed by atoms with van der Waals surface area (Å²) in [7, 11) is 0. The smallest absolute Gasteiger partial charge is 0.197 e. The van der Waals surface area contributed by atoms with Crippen molar-refractivity contribution in [3.05, 3.63) is 69.4 Å². The van der Waals surface area contributed by atoms with Gasteiger partial charge in [0.2, 0.25) is 0 Å². The van der Waals surface area contributed by atoms with Crippen molar-refractivity contribution in [1.82, 2.24) is 0 Å². The predicted octanol–water partition coefficient (Wildman–Crippen LogP) is 5.52. The average molecular weight is 422 g/mol. The number of hydrogen-bond donors (Lipinski definition) is 4. The second-order valence-electron chi connectivity index (χ2n) is 7.85. The minimum absolute atomic E-state index is 0.0367. The fourth-order valence-electron chi connectivity index (χ4n) is 3.38. The summed E-state index contributed by atoms with van der Waals surface area (Å²) in [6.07, 6.45) is 6.18. The summed E-state index contributed by atoms with van der Waals surface area (Å²) in [6, 6.07) is 6.22. The lowest BCUT2D eigenvalue weighted by Gasteiger charge is -2.11. The third kappa shape index (κ3) is 4.91. The molecule has 0 aliphatic heterocycles. The van der Waals surface area contributed by atoms with Gasteiger partial charge in [-0.3, -0.25) is 4.79 Å². The number of phenols is 4. The van der Waals surface area contributed by atoms with Crippen LogP contribution in [-0.2, 0) is 6.42 Å². The van der Waals surface area contributed by atoms with Gasteiger partial charge in [-0.15, -0.1) is 0 Å². The van der Waals surface area contributed by atoms with E-state index in [0.717, 1.165) is 36.6 Å². The zero-order chi connectivity index (χ0) is 22.7. The molecule has 4 N–H and O–H groups in total. The van der Waals surface area contributed by atoms with Gasteiger partial charge in [-0.2, -0.15) is 0 Å². The molecule has 0 saturated carbocycles. The minimum Gasteiger partial charge on any atom is -0.508 e. The van der Waals surface area contributed by atoms with Gasteiger partial charge in [0.1, 0.15) is 39.7 Å². The lowest BCUT2D eigenvalue weighted by molar-refractivity contribution is 0.447. The second-order valence-corrected chi connectivity index (χ2v) is 7.85. The highest BCUT2D eigenvalue weighted by Gasteiger charge is 2.19. The van der Waals surface area contributed by atoms with Gasteiger partial charge in [0, 0.05) is 23.8 Å². The molecule has 0 atom stereocenters. The molecular weight excluding hydrogens is 396 g/mol. The number of fused-ring (bicyclic) bond motifs is 1. The summed E-state index contributed by atoms with van der Waals surface area (Å²) in [5, 5.41) is 40.3. The maximum absolute atomic E-state index is 12.7. The van der Waals surface area contributed by atoms with E-state index < -0.39 is 5.43 Å². The molecule has 0 fully saturated rings. The molecule has 2 aromatic carbocycles. The molecule has 0 unspecified atom stereocenters. The van der Waals surface area contributed by atoms with E-state index in [2.05, 4.69) is 6.08 Å². The predicted molar refractivity (Wildman–Crippen MR) is 121 cm³/mol. The summed E-state index contributed by atoms with van der Waals surface area (Å²) >= 11 is 0. The number of phenolic OH excluding ortho intramolecular Hbond substituents is 4. The Morgan fingerprint density at radius 3 is 2.35 bits per heavy atom. The Morgan fingerprint density at radius 2 is 1.68 bits per heavy atom. The highest BCUT2D eigenvalue weighted by atomic mass is 16.3. The first-order chi connectivity index (χ1) is 14.7. The van der Waals surface area contributed by atoms with Crippen molar-refractivity contribution in [3.63, 3.8) is 0 Å². The van der Waals surface area contributed by atoms with Crippen molar-refractivity contribution in [3.8, 4) is 34.3 Å². The summed E-state index contributed by atoms with van der Waals surface area (Å²) in [4.78, 5) is 12.7. The lowest BCUT2D eigenvalue weighted by Crippen LogP contribution is -2.03. The Kier molecular flexibility index (Phi) is 6.39. The van der Waals surface area contributed by atoms with Gasteiger partial charge >= 0.3 is 0 Å². The molecule has 0 bridgehead atoms. The van der Waals surface area contributed by atoms with Crippen molar-refractivity contribution in [2.24, 2.45) is 0 Å². The Morgan fingerprint density at radius 1 is 0.935 bits per heavy atom. The molecule has 3 aromatic rings. The van der Waals surface area contributed by atoms with Crippen LogP contribution in [-0.4, -0.2) is 20.4 Å². The molecule has 0 radical (unpaired) electrons. The first-order valence-electron chi connectivity index (χ1n) is 10.0. The van der Waals surface area contributed by atoms with E-state index in [1.54, 1.807) is 0 Å². The summed E-state index contributed by atoms with van der Waals surface area (Å²) < 4.78 is 5.89. The molecule has 1 aromatic heterocycles. The van der Waals surface area contributed by atoms with Gasteiger partial charge < -0.3 is 24.8 Å². The molecule has 1 heterocycles. The first kappa shape index (κ1) is 22.0. The normalized spacial score (nSPS) is 11.6. The quantitative estimate of drug-likeness (QED) is 0.389. The van der Waals surface area contributed by atoms with Gasteiger partial charge in [0.05, 0.1) is 5.56 Å². The van der Waals surface area contributed by atoms with Gasteiger partial charge in [-0.25, -0.2) is 0 Å². The van der Waals surface area contributed by atoms with E-state index in [1.165, 1.54) is 17.7 Å². The molecule has 6 heteroatoms. The van der Waals surface area contributed by atoms with Gasteiger partial charge in [-0.1, -0.05) is 23.3 Å². The second kappa shape index (κ2) is 9.00. The van der Waals surface area contributed by atoms with Crippen LogP contribution in [0.4, 0.5) is 0 Å². The van der Waals surface area contributed by atoms with Crippen molar-refractivity contribution in [2.45, 2.75) is 40.0 Å². The van der Waals surface area contributed by atoms with Crippen LogP contribution in [0.1, 0.15) is 39.2 Å². The number of aromatic hydroxyl groups is 4.